The fraction of sp³-hybridized carbons (Fsp3) is 0.250. The van der Waals surface area contributed by atoms with Gasteiger partial charge in [-0.1, -0.05) is 6.07 Å². The number of oxazole rings is 1. The minimum atomic E-state index is -0.689. The van der Waals surface area contributed by atoms with Crippen molar-refractivity contribution in [3.05, 3.63) is 47.2 Å². The van der Waals surface area contributed by atoms with E-state index in [2.05, 4.69) is 15.3 Å². The molecule has 0 aromatic carbocycles. The predicted octanol–water partition coefficient (Wildman–Crippen LogP) is 1.76. The molecule has 6 heteroatoms. The quantitative estimate of drug-likeness (QED) is 0.841. The average molecular weight is 249 g/mol. The molecule has 94 valence electrons. The molecule has 0 unspecified atom stereocenters. The Morgan fingerprint density at radius 3 is 2.78 bits per heavy atom. The van der Waals surface area contributed by atoms with Gasteiger partial charge >= 0.3 is 0 Å². The molecule has 0 radical (unpaired) electrons. The molecule has 5 nitrogen and oxygen atoms in total. The number of nitrogens with zero attached hydrogens (tertiary/aromatic N) is 2. The number of carbonyl (C=O) groups excluding carboxylic acids is 1. The molecule has 2 rings (SSSR count). The molecule has 0 saturated carbocycles. The van der Waals surface area contributed by atoms with Crippen LogP contribution in [0.25, 0.3) is 0 Å². The van der Waals surface area contributed by atoms with Crippen LogP contribution in [-0.4, -0.2) is 15.9 Å². The highest BCUT2D eigenvalue weighted by Crippen LogP contribution is 2.08. The van der Waals surface area contributed by atoms with E-state index in [1.54, 1.807) is 6.92 Å². The lowest BCUT2D eigenvalue weighted by Crippen LogP contribution is -2.24. The second-order valence-electron chi connectivity index (χ2n) is 3.78. The van der Waals surface area contributed by atoms with Gasteiger partial charge in [0.2, 0.25) is 11.8 Å². The highest BCUT2D eigenvalue weighted by atomic mass is 19.1. The maximum Gasteiger partial charge on any atom is 0.270 e. The molecule has 0 aliphatic heterocycles. The Labute approximate surface area is 103 Å². The molecule has 0 aliphatic rings. The monoisotopic (exact) mass is 249 g/mol. The summed E-state index contributed by atoms with van der Waals surface area (Å²) in [5.41, 5.74) is 0.804. The molecule has 0 saturated heterocycles. The lowest BCUT2D eigenvalue weighted by Gasteiger charge is -2.01. The van der Waals surface area contributed by atoms with E-state index in [0.717, 1.165) is 5.69 Å². The number of rotatable bonds is 3. The van der Waals surface area contributed by atoms with Crippen molar-refractivity contribution in [2.24, 2.45) is 0 Å². The topological polar surface area (TPSA) is 68.0 Å². The van der Waals surface area contributed by atoms with Crippen LogP contribution >= 0.6 is 0 Å². The van der Waals surface area contributed by atoms with Crippen LogP contribution in [0.4, 0.5) is 4.39 Å². The van der Waals surface area contributed by atoms with Gasteiger partial charge in [-0.15, -0.1) is 0 Å². The molecule has 0 atom stereocenters. The standard InChI is InChI=1S/C12H12FN3O2/c1-7-8(2)18-11(15-7)6-14-12(17)9-4-3-5-10(13)16-9/h3-5H,6H2,1-2H3,(H,14,17). The number of carbonyl (C=O) groups is 1. The number of hydrogen-bond acceptors (Lipinski definition) is 4. The van der Waals surface area contributed by atoms with Crippen molar-refractivity contribution in [3.63, 3.8) is 0 Å². The molecule has 0 spiro atoms. The van der Waals surface area contributed by atoms with Crippen LogP contribution in [0.1, 0.15) is 27.8 Å². The predicted molar refractivity (Wildman–Crippen MR) is 61.3 cm³/mol. The number of aryl methyl sites for hydroxylation is 2. The first kappa shape index (κ1) is 12.2. The number of pyridine rings is 1. The normalized spacial score (nSPS) is 10.4. The van der Waals surface area contributed by atoms with E-state index >= 15 is 0 Å². The van der Waals surface area contributed by atoms with Gasteiger partial charge in [-0.25, -0.2) is 9.97 Å². The Morgan fingerprint density at radius 2 is 2.17 bits per heavy atom. The van der Waals surface area contributed by atoms with Gasteiger partial charge in [0.05, 0.1) is 12.2 Å². The van der Waals surface area contributed by atoms with Gasteiger partial charge in [0.25, 0.3) is 5.91 Å². The number of amides is 1. The van der Waals surface area contributed by atoms with Gasteiger partial charge in [0, 0.05) is 0 Å². The molecule has 1 amide bonds. The third-order valence-electron chi connectivity index (χ3n) is 2.42. The second-order valence-corrected chi connectivity index (χ2v) is 3.78. The van der Waals surface area contributed by atoms with Crippen molar-refractivity contribution >= 4 is 5.91 Å². The molecule has 2 aromatic heterocycles. The molecule has 18 heavy (non-hydrogen) atoms. The van der Waals surface area contributed by atoms with Gasteiger partial charge in [-0.05, 0) is 26.0 Å². The van der Waals surface area contributed by atoms with Crippen molar-refractivity contribution in [1.29, 1.82) is 0 Å². The van der Waals surface area contributed by atoms with Crippen molar-refractivity contribution in [3.8, 4) is 0 Å². The first-order chi connectivity index (χ1) is 8.56. The number of hydrogen-bond donors (Lipinski definition) is 1. The van der Waals surface area contributed by atoms with Crippen molar-refractivity contribution < 1.29 is 13.6 Å². The maximum atomic E-state index is 12.8. The van der Waals surface area contributed by atoms with Crippen molar-refractivity contribution in [2.75, 3.05) is 0 Å². The fourth-order valence-electron chi connectivity index (χ4n) is 1.40. The average Bonchev–Trinajstić information content (AvgIpc) is 2.66. The van der Waals surface area contributed by atoms with Crippen LogP contribution < -0.4 is 5.32 Å². The number of halogens is 1. The highest BCUT2D eigenvalue weighted by Gasteiger charge is 2.10. The van der Waals surface area contributed by atoms with Crippen LogP contribution in [0.2, 0.25) is 0 Å². The van der Waals surface area contributed by atoms with Gasteiger partial charge in [0.1, 0.15) is 11.5 Å². The minimum Gasteiger partial charge on any atom is -0.444 e. The summed E-state index contributed by atoms with van der Waals surface area (Å²) in [4.78, 5) is 19.2. The van der Waals surface area contributed by atoms with E-state index in [-0.39, 0.29) is 12.2 Å². The number of nitrogens with one attached hydrogen (secondary N) is 1. The first-order valence-corrected chi connectivity index (χ1v) is 5.40. The Morgan fingerprint density at radius 1 is 1.39 bits per heavy atom. The molecular formula is C12H12FN3O2. The summed E-state index contributed by atoms with van der Waals surface area (Å²) >= 11 is 0. The molecular weight excluding hydrogens is 237 g/mol. The Bertz CT molecular complexity index is 561. The molecule has 0 bridgehead atoms. The Hall–Kier alpha value is -2.24. The van der Waals surface area contributed by atoms with E-state index in [1.807, 2.05) is 6.92 Å². The third-order valence-corrected chi connectivity index (χ3v) is 2.42. The van der Waals surface area contributed by atoms with Gasteiger partial charge in [0.15, 0.2) is 0 Å². The summed E-state index contributed by atoms with van der Waals surface area (Å²) < 4.78 is 18.1. The molecule has 1 N–H and O–H groups in total. The molecule has 2 aromatic rings. The first-order valence-electron chi connectivity index (χ1n) is 5.40. The number of aromatic nitrogens is 2. The fourth-order valence-corrected chi connectivity index (χ4v) is 1.40. The molecule has 2 heterocycles. The summed E-state index contributed by atoms with van der Waals surface area (Å²) in [6.45, 7) is 3.76. The minimum absolute atomic E-state index is 0.0231. The summed E-state index contributed by atoms with van der Waals surface area (Å²) in [5, 5.41) is 2.56. The zero-order chi connectivity index (χ0) is 13.1. The van der Waals surface area contributed by atoms with E-state index in [1.165, 1.54) is 18.2 Å². The van der Waals surface area contributed by atoms with E-state index < -0.39 is 11.9 Å². The SMILES string of the molecule is Cc1nc(CNC(=O)c2cccc(F)n2)oc1C. The third kappa shape index (κ3) is 2.71. The van der Waals surface area contributed by atoms with E-state index in [4.69, 9.17) is 4.42 Å². The van der Waals surface area contributed by atoms with Crippen LogP contribution in [0.5, 0.6) is 0 Å². The lowest BCUT2D eigenvalue weighted by atomic mass is 10.3. The summed E-state index contributed by atoms with van der Waals surface area (Å²) in [7, 11) is 0. The smallest absolute Gasteiger partial charge is 0.270 e. The summed E-state index contributed by atoms with van der Waals surface area (Å²) in [6.07, 6.45) is 0. The lowest BCUT2D eigenvalue weighted by molar-refractivity contribution is 0.0941. The molecule has 0 aliphatic carbocycles. The van der Waals surface area contributed by atoms with Gasteiger partial charge in [-0.3, -0.25) is 4.79 Å². The Kier molecular flexibility index (Phi) is 3.36. The largest absolute Gasteiger partial charge is 0.444 e. The van der Waals surface area contributed by atoms with Crippen molar-refractivity contribution in [1.82, 2.24) is 15.3 Å². The van der Waals surface area contributed by atoms with Crippen LogP contribution in [0.15, 0.2) is 22.6 Å². The van der Waals surface area contributed by atoms with Crippen LogP contribution in [-0.2, 0) is 6.54 Å². The van der Waals surface area contributed by atoms with E-state index in [9.17, 15) is 9.18 Å². The Balaban J connectivity index is 2.00. The van der Waals surface area contributed by atoms with Crippen LogP contribution in [0, 0.1) is 19.8 Å². The zero-order valence-corrected chi connectivity index (χ0v) is 10.0. The van der Waals surface area contributed by atoms with Gasteiger partial charge in [-0.2, -0.15) is 4.39 Å². The molecule has 0 fully saturated rings. The van der Waals surface area contributed by atoms with Gasteiger partial charge < -0.3 is 9.73 Å². The zero-order valence-electron chi connectivity index (χ0n) is 10.0. The summed E-state index contributed by atoms with van der Waals surface area (Å²) in [6, 6.07) is 4.04. The maximum absolute atomic E-state index is 12.8. The van der Waals surface area contributed by atoms with Crippen molar-refractivity contribution in [2.45, 2.75) is 20.4 Å². The second kappa shape index (κ2) is 4.95. The van der Waals surface area contributed by atoms with Crippen LogP contribution in [0.3, 0.4) is 0 Å². The van der Waals surface area contributed by atoms with E-state index in [0.29, 0.717) is 11.7 Å². The highest BCUT2D eigenvalue weighted by molar-refractivity contribution is 5.92. The summed E-state index contributed by atoms with van der Waals surface area (Å²) in [5.74, 6) is -0.0358.